The topological polar surface area (TPSA) is 27.1 Å². The Balaban J connectivity index is 3.15. The molecule has 0 saturated carbocycles. The summed E-state index contributed by atoms with van der Waals surface area (Å²) < 4.78 is 0. The SMILES string of the molecule is C=CN(C)CC=N. The summed E-state index contributed by atoms with van der Waals surface area (Å²) in [5, 5.41) is 6.62. The molecule has 2 nitrogen and oxygen atoms in total. The summed E-state index contributed by atoms with van der Waals surface area (Å²) in [6.07, 6.45) is 3.02. The van der Waals surface area contributed by atoms with Gasteiger partial charge in [-0.05, 0) is 6.20 Å². The lowest BCUT2D eigenvalue weighted by Gasteiger charge is -2.06. The zero-order chi connectivity index (χ0) is 5.70. The van der Waals surface area contributed by atoms with Crippen LogP contribution in [0.2, 0.25) is 0 Å². The zero-order valence-electron chi connectivity index (χ0n) is 4.52. The molecule has 0 bridgehead atoms. The van der Waals surface area contributed by atoms with Crippen LogP contribution in [0.3, 0.4) is 0 Å². The van der Waals surface area contributed by atoms with Gasteiger partial charge >= 0.3 is 0 Å². The van der Waals surface area contributed by atoms with E-state index in [1.807, 2.05) is 11.9 Å². The lowest BCUT2D eigenvalue weighted by atomic mass is 10.6. The standard InChI is InChI=1S/C5H10N2/c1-3-7(2)5-4-6/h3-4,6H,1,5H2,2H3. The first-order chi connectivity index (χ1) is 3.31. The lowest BCUT2D eigenvalue weighted by molar-refractivity contribution is 0.530. The Kier molecular flexibility index (Phi) is 3.02. The molecule has 0 radical (unpaired) electrons. The van der Waals surface area contributed by atoms with Gasteiger partial charge in [0.2, 0.25) is 0 Å². The summed E-state index contributed by atoms with van der Waals surface area (Å²) >= 11 is 0. The first-order valence-electron chi connectivity index (χ1n) is 2.13. The minimum Gasteiger partial charge on any atom is -0.376 e. The molecule has 0 unspecified atom stereocenters. The van der Waals surface area contributed by atoms with Crippen molar-refractivity contribution < 1.29 is 0 Å². The second kappa shape index (κ2) is 3.40. The number of hydrogen-bond donors (Lipinski definition) is 1. The van der Waals surface area contributed by atoms with Crippen molar-refractivity contribution in [2.24, 2.45) is 0 Å². The molecule has 40 valence electrons. The third-order valence-electron chi connectivity index (χ3n) is 0.691. The predicted octanol–water partition coefficient (Wildman–Crippen LogP) is 0.711. The van der Waals surface area contributed by atoms with Gasteiger partial charge in [0.15, 0.2) is 0 Å². The highest BCUT2D eigenvalue weighted by Gasteiger charge is 1.78. The van der Waals surface area contributed by atoms with Crippen molar-refractivity contribution in [1.29, 1.82) is 5.41 Å². The Morgan fingerprint density at radius 1 is 1.86 bits per heavy atom. The molecule has 0 aromatic carbocycles. The minimum atomic E-state index is 0.656. The molecule has 0 aromatic rings. The van der Waals surface area contributed by atoms with E-state index in [1.165, 1.54) is 6.21 Å². The third kappa shape index (κ3) is 3.03. The second-order valence-electron chi connectivity index (χ2n) is 1.33. The van der Waals surface area contributed by atoms with Gasteiger partial charge in [-0.1, -0.05) is 6.58 Å². The van der Waals surface area contributed by atoms with Gasteiger partial charge in [-0.25, -0.2) is 0 Å². The minimum absolute atomic E-state index is 0.656. The molecule has 7 heavy (non-hydrogen) atoms. The number of nitrogens with zero attached hydrogens (tertiary/aromatic N) is 1. The van der Waals surface area contributed by atoms with E-state index in [9.17, 15) is 0 Å². The molecule has 0 aliphatic carbocycles. The van der Waals surface area contributed by atoms with Crippen LogP contribution in [0.25, 0.3) is 0 Å². The van der Waals surface area contributed by atoms with Gasteiger partial charge in [0, 0.05) is 13.3 Å². The maximum absolute atomic E-state index is 6.62. The summed E-state index contributed by atoms with van der Waals surface area (Å²) in [6.45, 7) is 4.16. The Bertz CT molecular complexity index is 68.5. The Hall–Kier alpha value is -0.790. The summed E-state index contributed by atoms with van der Waals surface area (Å²) in [4.78, 5) is 1.83. The van der Waals surface area contributed by atoms with E-state index in [4.69, 9.17) is 5.41 Å². The smallest absolute Gasteiger partial charge is 0.0516 e. The average Bonchev–Trinajstić information content (AvgIpc) is 1.68. The molecule has 0 atom stereocenters. The number of rotatable bonds is 3. The van der Waals surface area contributed by atoms with Crippen LogP contribution in [0.4, 0.5) is 0 Å². The van der Waals surface area contributed by atoms with Crippen molar-refractivity contribution >= 4 is 6.21 Å². The van der Waals surface area contributed by atoms with Crippen LogP contribution in [0, 0.1) is 5.41 Å². The molecule has 0 aromatic heterocycles. The van der Waals surface area contributed by atoms with Gasteiger partial charge in [-0.3, -0.25) is 0 Å². The summed E-state index contributed by atoms with van der Waals surface area (Å²) in [7, 11) is 1.87. The monoisotopic (exact) mass is 98.1 g/mol. The van der Waals surface area contributed by atoms with Crippen molar-refractivity contribution in [2.75, 3.05) is 13.6 Å². The van der Waals surface area contributed by atoms with E-state index >= 15 is 0 Å². The first kappa shape index (κ1) is 6.21. The van der Waals surface area contributed by atoms with Crippen LogP contribution in [-0.2, 0) is 0 Å². The highest BCUT2D eigenvalue weighted by Crippen LogP contribution is 1.74. The van der Waals surface area contributed by atoms with Crippen molar-refractivity contribution in [3.63, 3.8) is 0 Å². The summed E-state index contributed by atoms with van der Waals surface area (Å²) in [5.41, 5.74) is 0. The fourth-order valence-corrected chi connectivity index (χ4v) is 0.219. The lowest BCUT2D eigenvalue weighted by Crippen LogP contribution is -2.11. The van der Waals surface area contributed by atoms with Crippen LogP contribution in [0.1, 0.15) is 0 Å². The van der Waals surface area contributed by atoms with Gasteiger partial charge in [0.05, 0.1) is 6.54 Å². The molecule has 0 saturated heterocycles. The Labute approximate surface area is 44.0 Å². The van der Waals surface area contributed by atoms with Crippen LogP contribution in [0.5, 0.6) is 0 Å². The van der Waals surface area contributed by atoms with Crippen molar-refractivity contribution in [2.45, 2.75) is 0 Å². The van der Waals surface area contributed by atoms with E-state index in [0.29, 0.717) is 6.54 Å². The predicted molar refractivity (Wildman–Crippen MR) is 31.6 cm³/mol. The normalized spacial score (nSPS) is 7.57. The van der Waals surface area contributed by atoms with Gasteiger partial charge in [-0.2, -0.15) is 0 Å². The van der Waals surface area contributed by atoms with Gasteiger partial charge in [0.1, 0.15) is 0 Å². The fraction of sp³-hybridized carbons (Fsp3) is 0.400. The third-order valence-corrected chi connectivity index (χ3v) is 0.691. The van der Waals surface area contributed by atoms with Crippen LogP contribution < -0.4 is 0 Å². The maximum Gasteiger partial charge on any atom is 0.0516 e. The van der Waals surface area contributed by atoms with E-state index < -0.39 is 0 Å². The van der Waals surface area contributed by atoms with E-state index in [1.54, 1.807) is 6.20 Å². The summed E-state index contributed by atoms with van der Waals surface area (Å²) in [6, 6.07) is 0. The molecule has 0 aliphatic rings. The summed E-state index contributed by atoms with van der Waals surface area (Å²) in [5.74, 6) is 0. The molecule has 0 fully saturated rings. The quantitative estimate of drug-likeness (QED) is 0.517. The van der Waals surface area contributed by atoms with E-state index in [-0.39, 0.29) is 0 Å². The van der Waals surface area contributed by atoms with E-state index in [2.05, 4.69) is 6.58 Å². The number of hydrogen-bond acceptors (Lipinski definition) is 2. The second-order valence-corrected chi connectivity index (χ2v) is 1.33. The van der Waals surface area contributed by atoms with Crippen LogP contribution >= 0.6 is 0 Å². The molecule has 1 N–H and O–H groups in total. The van der Waals surface area contributed by atoms with Crippen molar-refractivity contribution in [3.05, 3.63) is 12.8 Å². The molecular weight excluding hydrogens is 88.1 g/mol. The molecule has 0 heterocycles. The molecule has 0 aliphatic heterocycles. The fourth-order valence-electron chi connectivity index (χ4n) is 0.219. The van der Waals surface area contributed by atoms with Gasteiger partial charge in [0.25, 0.3) is 0 Å². The van der Waals surface area contributed by atoms with Crippen molar-refractivity contribution in [3.8, 4) is 0 Å². The van der Waals surface area contributed by atoms with Gasteiger partial charge in [-0.15, -0.1) is 0 Å². The van der Waals surface area contributed by atoms with E-state index in [0.717, 1.165) is 0 Å². The molecular formula is C5H10N2. The molecule has 0 rings (SSSR count). The maximum atomic E-state index is 6.62. The van der Waals surface area contributed by atoms with Gasteiger partial charge < -0.3 is 10.3 Å². The Morgan fingerprint density at radius 3 is 2.57 bits per heavy atom. The Morgan fingerprint density at radius 2 is 2.43 bits per heavy atom. The average molecular weight is 98.1 g/mol. The zero-order valence-corrected chi connectivity index (χ0v) is 4.52. The molecule has 2 heteroatoms. The highest BCUT2D eigenvalue weighted by molar-refractivity contribution is 5.55. The molecule has 0 amide bonds. The van der Waals surface area contributed by atoms with Crippen molar-refractivity contribution in [1.82, 2.24) is 4.90 Å². The highest BCUT2D eigenvalue weighted by atomic mass is 15.1. The van der Waals surface area contributed by atoms with Crippen LogP contribution in [-0.4, -0.2) is 24.7 Å². The number of nitrogens with one attached hydrogen (secondary N) is 1. The largest absolute Gasteiger partial charge is 0.376 e. The van der Waals surface area contributed by atoms with Crippen LogP contribution in [0.15, 0.2) is 12.8 Å². The first-order valence-corrected chi connectivity index (χ1v) is 2.13. The molecule has 0 spiro atoms.